The van der Waals surface area contributed by atoms with Gasteiger partial charge in [-0.3, -0.25) is 4.79 Å². The highest BCUT2D eigenvalue weighted by atomic mass is 19.1. The average molecular weight is 289 g/mol. The zero-order chi connectivity index (χ0) is 15.4. The minimum atomic E-state index is -0.345. The van der Waals surface area contributed by atoms with E-state index in [9.17, 15) is 9.18 Å². The average Bonchev–Trinajstić information content (AvgIpc) is 2.53. The number of rotatable bonds is 4. The van der Waals surface area contributed by atoms with Crippen LogP contribution in [0.2, 0.25) is 0 Å². The molecule has 0 aliphatic carbocycles. The summed E-state index contributed by atoms with van der Waals surface area (Å²) in [6, 6.07) is 10.7. The van der Waals surface area contributed by atoms with E-state index < -0.39 is 0 Å². The molecule has 0 radical (unpaired) electrons. The van der Waals surface area contributed by atoms with Gasteiger partial charge < -0.3 is 14.4 Å². The number of carbonyl (C=O) groups excluding carboxylic acids is 1. The predicted octanol–water partition coefficient (Wildman–Crippen LogP) is 3.12. The van der Waals surface area contributed by atoms with Gasteiger partial charge >= 0.3 is 0 Å². The second-order valence-corrected chi connectivity index (χ2v) is 4.44. The van der Waals surface area contributed by atoms with Crippen LogP contribution in [-0.4, -0.2) is 27.2 Å². The maximum atomic E-state index is 12.9. The minimum absolute atomic E-state index is 0.237. The van der Waals surface area contributed by atoms with Gasteiger partial charge in [0.1, 0.15) is 17.3 Å². The quantitative estimate of drug-likeness (QED) is 0.868. The highest BCUT2D eigenvalue weighted by Gasteiger charge is 2.15. The highest BCUT2D eigenvalue weighted by Crippen LogP contribution is 2.24. The predicted molar refractivity (Wildman–Crippen MR) is 78.7 cm³/mol. The van der Waals surface area contributed by atoms with Crippen LogP contribution in [0.15, 0.2) is 42.5 Å². The van der Waals surface area contributed by atoms with Gasteiger partial charge in [0.05, 0.1) is 14.2 Å². The molecule has 1 amide bonds. The first-order chi connectivity index (χ1) is 10.0. The first kappa shape index (κ1) is 14.8. The lowest BCUT2D eigenvalue weighted by molar-refractivity contribution is 0.0992. The van der Waals surface area contributed by atoms with Crippen LogP contribution in [0.4, 0.5) is 10.1 Å². The van der Waals surface area contributed by atoms with Crippen LogP contribution >= 0.6 is 0 Å². The maximum Gasteiger partial charge on any atom is 0.258 e. The van der Waals surface area contributed by atoms with Crippen LogP contribution < -0.4 is 14.4 Å². The largest absolute Gasteiger partial charge is 0.497 e. The van der Waals surface area contributed by atoms with E-state index in [0.29, 0.717) is 22.7 Å². The van der Waals surface area contributed by atoms with Crippen molar-refractivity contribution in [2.45, 2.75) is 0 Å². The number of benzene rings is 2. The SMILES string of the molecule is COc1cc(OC)cc(C(=O)N(C)c2ccc(F)cc2)c1. The normalized spacial score (nSPS) is 10.1. The molecule has 5 heteroatoms. The summed E-state index contributed by atoms with van der Waals surface area (Å²) in [5, 5.41) is 0. The van der Waals surface area contributed by atoms with E-state index in [1.54, 1.807) is 37.4 Å². The Bertz CT molecular complexity index is 618. The lowest BCUT2D eigenvalue weighted by Crippen LogP contribution is -2.26. The number of methoxy groups -OCH3 is 2. The maximum absolute atomic E-state index is 12.9. The molecule has 0 bridgehead atoms. The van der Waals surface area contributed by atoms with Crippen LogP contribution in [-0.2, 0) is 0 Å². The van der Waals surface area contributed by atoms with Crippen molar-refractivity contribution in [2.24, 2.45) is 0 Å². The molecule has 0 fully saturated rings. The molecule has 0 saturated heterocycles. The highest BCUT2D eigenvalue weighted by molar-refractivity contribution is 6.06. The Morgan fingerprint density at radius 3 is 2.00 bits per heavy atom. The lowest BCUT2D eigenvalue weighted by Gasteiger charge is -2.18. The Labute approximate surface area is 122 Å². The monoisotopic (exact) mass is 289 g/mol. The molecule has 0 N–H and O–H groups in total. The van der Waals surface area contributed by atoms with Gasteiger partial charge in [0, 0.05) is 24.4 Å². The number of carbonyl (C=O) groups is 1. The number of ether oxygens (including phenoxy) is 2. The Morgan fingerprint density at radius 2 is 1.52 bits per heavy atom. The Hall–Kier alpha value is -2.56. The fourth-order valence-electron chi connectivity index (χ4n) is 1.91. The van der Waals surface area contributed by atoms with Gasteiger partial charge in [0.15, 0.2) is 0 Å². The fourth-order valence-corrected chi connectivity index (χ4v) is 1.91. The number of hydrogen-bond donors (Lipinski definition) is 0. The fraction of sp³-hybridized carbons (Fsp3) is 0.188. The van der Waals surface area contributed by atoms with Crippen molar-refractivity contribution in [3.63, 3.8) is 0 Å². The zero-order valence-electron chi connectivity index (χ0n) is 12.1. The third-order valence-electron chi connectivity index (χ3n) is 3.12. The number of nitrogens with zero attached hydrogens (tertiary/aromatic N) is 1. The summed E-state index contributed by atoms with van der Waals surface area (Å²) >= 11 is 0. The Kier molecular flexibility index (Phi) is 4.42. The van der Waals surface area contributed by atoms with E-state index in [1.807, 2.05) is 0 Å². The van der Waals surface area contributed by atoms with Crippen molar-refractivity contribution in [1.29, 1.82) is 0 Å². The van der Waals surface area contributed by atoms with E-state index in [1.165, 1.54) is 31.3 Å². The topological polar surface area (TPSA) is 38.8 Å². The van der Waals surface area contributed by atoms with Crippen molar-refractivity contribution < 1.29 is 18.7 Å². The van der Waals surface area contributed by atoms with Crippen LogP contribution in [0.25, 0.3) is 0 Å². The van der Waals surface area contributed by atoms with Crippen molar-refractivity contribution in [1.82, 2.24) is 0 Å². The van der Waals surface area contributed by atoms with Crippen molar-refractivity contribution >= 4 is 11.6 Å². The third kappa shape index (κ3) is 3.31. The van der Waals surface area contributed by atoms with Crippen molar-refractivity contribution in [2.75, 3.05) is 26.2 Å². The molecule has 0 unspecified atom stereocenters. The molecule has 21 heavy (non-hydrogen) atoms. The summed E-state index contributed by atoms with van der Waals surface area (Å²) in [6.07, 6.45) is 0. The second kappa shape index (κ2) is 6.26. The summed E-state index contributed by atoms with van der Waals surface area (Å²) in [5.74, 6) is 0.483. The van der Waals surface area contributed by atoms with Crippen LogP contribution in [0.5, 0.6) is 11.5 Å². The first-order valence-corrected chi connectivity index (χ1v) is 6.32. The van der Waals surface area contributed by atoms with Crippen molar-refractivity contribution in [3.05, 3.63) is 53.8 Å². The molecule has 0 spiro atoms. The Morgan fingerprint density at radius 1 is 1.00 bits per heavy atom. The molecule has 0 aromatic heterocycles. The standard InChI is InChI=1S/C16H16FNO3/c1-18(13-6-4-12(17)5-7-13)16(19)11-8-14(20-2)10-15(9-11)21-3/h4-10H,1-3H3. The summed E-state index contributed by atoms with van der Waals surface area (Å²) in [5.41, 5.74) is 1.03. The van der Waals surface area contributed by atoms with E-state index in [0.717, 1.165) is 0 Å². The van der Waals surface area contributed by atoms with E-state index in [2.05, 4.69) is 0 Å². The molecule has 0 aliphatic heterocycles. The van der Waals surface area contributed by atoms with Gasteiger partial charge in [-0.1, -0.05) is 0 Å². The molecule has 0 saturated carbocycles. The number of anilines is 1. The molecule has 4 nitrogen and oxygen atoms in total. The second-order valence-electron chi connectivity index (χ2n) is 4.44. The molecule has 2 rings (SSSR count). The zero-order valence-corrected chi connectivity index (χ0v) is 12.1. The van der Waals surface area contributed by atoms with Crippen molar-refractivity contribution in [3.8, 4) is 11.5 Å². The molecule has 2 aromatic rings. The summed E-state index contributed by atoms with van der Waals surface area (Å²) in [7, 11) is 4.67. The lowest BCUT2D eigenvalue weighted by atomic mass is 10.1. The summed E-state index contributed by atoms with van der Waals surface area (Å²) < 4.78 is 23.2. The molecule has 0 heterocycles. The van der Waals surface area contributed by atoms with E-state index in [4.69, 9.17) is 9.47 Å². The van der Waals surface area contributed by atoms with E-state index in [-0.39, 0.29) is 11.7 Å². The molecule has 2 aromatic carbocycles. The van der Waals surface area contributed by atoms with E-state index >= 15 is 0 Å². The summed E-state index contributed by atoms with van der Waals surface area (Å²) in [6.45, 7) is 0. The molecular weight excluding hydrogens is 273 g/mol. The van der Waals surface area contributed by atoms with Crippen LogP contribution in [0, 0.1) is 5.82 Å². The van der Waals surface area contributed by atoms with Gasteiger partial charge in [0.2, 0.25) is 0 Å². The number of halogens is 1. The van der Waals surface area contributed by atoms with Crippen LogP contribution in [0.3, 0.4) is 0 Å². The minimum Gasteiger partial charge on any atom is -0.497 e. The van der Waals surface area contributed by atoms with Gasteiger partial charge in [-0.05, 0) is 36.4 Å². The van der Waals surface area contributed by atoms with Gasteiger partial charge in [0.25, 0.3) is 5.91 Å². The first-order valence-electron chi connectivity index (χ1n) is 6.32. The van der Waals surface area contributed by atoms with Gasteiger partial charge in [-0.25, -0.2) is 4.39 Å². The molecule has 0 atom stereocenters. The summed E-state index contributed by atoms with van der Waals surface area (Å²) in [4.78, 5) is 13.9. The Balaban J connectivity index is 2.32. The van der Waals surface area contributed by atoms with Gasteiger partial charge in [-0.2, -0.15) is 0 Å². The molecule has 0 aliphatic rings. The third-order valence-corrected chi connectivity index (χ3v) is 3.12. The molecular formula is C16H16FNO3. The smallest absolute Gasteiger partial charge is 0.258 e. The number of amides is 1. The van der Waals surface area contributed by atoms with Gasteiger partial charge in [-0.15, -0.1) is 0 Å². The molecule has 110 valence electrons. The number of hydrogen-bond acceptors (Lipinski definition) is 3. The van der Waals surface area contributed by atoms with Crippen LogP contribution in [0.1, 0.15) is 10.4 Å².